The number of ketones is 2. The van der Waals surface area contributed by atoms with E-state index in [9.17, 15) is 14.4 Å². The van der Waals surface area contributed by atoms with Gasteiger partial charge in [-0.2, -0.15) is 0 Å². The van der Waals surface area contributed by atoms with Crippen LogP contribution in [0.4, 0.5) is 0 Å². The number of Topliss-reactive ketones (excluding diaryl/α,β-unsaturated/α-hetero) is 2. The third-order valence-corrected chi connectivity index (χ3v) is 11.4. The fourth-order valence-corrected chi connectivity index (χ4v) is 8.86. The summed E-state index contributed by atoms with van der Waals surface area (Å²) in [6, 6.07) is 0. The number of esters is 1. The Morgan fingerprint density at radius 2 is 1.76 bits per heavy atom. The first-order chi connectivity index (χ1) is 19.0. The molecule has 1 aromatic heterocycles. The second-order valence-electron chi connectivity index (χ2n) is 13.6. The molecule has 0 radical (unpaired) electrons. The van der Waals surface area contributed by atoms with Gasteiger partial charge < -0.3 is 13.8 Å². The Morgan fingerprint density at radius 3 is 2.32 bits per heavy atom. The van der Waals surface area contributed by atoms with Gasteiger partial charge >= 0.3 is 5.97 Å². The van der Waals surface area contributed by atoms with Crippen molar-refractivity contribution in [2.45, 2.75) is 113 Å². The van der Waals surface area contributed by atoms with Crippen molar-refractivity contribution in [2.24, 2.45) is 34.0 Å². The molecule has 10 heteroatoms. The average Bonchev–Trinajstić information content (AvgIpc) is 3.32. The normalized spacial score (nSPS) is 35.4. The molecular formula is C31H49NO6P2S. The first-order valence-electron chi connectivity index (χ1n) is 14.6. The van der Waals surface area contributed by atoms with E-state index in [0.29, 0.717) is 6.42 Å². The van der Waals surface area contributed by atoms with Gasteiger partial charge in [0.25, 0.3) is 0 Å². The average molecular weight is 626 g/mol. The summed E-state index contributed by atoms with van der Waals surface area (Å²) in [5, 5.41) is 2.94. The highest BCUT2D eigenvalue weighted by molar-refractivity contribution is 7.10. The van der Waals surface area contributed by atoms with E-state index in [0.717, 1.165) is 35.5 Å². The van der Waals surface area contributed by atoms with Gasteiger partial charge in [0.05, 0.1) is 34.7 Å². The van der Waals surface area contributed by atoms with Gasteiger partial charge in [0.15, 0.2) is 0 Å². The van der Waals surface area contributed by atoms with Crippen LogP contribution in [-0.2, 0) is 28.2 Å². The molecule has 1 aliphatic heterocycles. The minimum absolute atomic E-state index is 0.0291. The van der Waals surface area contributed by atoms with E-state index >= 15 is 0 Å². The number of hydrogen-bond acceptors (Lipinski definition) is 8. The maximum atomic E-state index is 13.8. The third kappa shape index (κ3) is 7.04. The summed E-state index contributed by atoms with van der Waals surface area (Å²) in [6.07, 6.45) is 3.25. The number of hydrogen-bond donors (Lipinski definition) is 0. The fourth-order valence-electron chi connectivity index (χ4n) is 7.35. The monoisotopic (exact) mass is 625 g/mol. The number of thiazole rings is 1. The molecule has 0 bridgehead atoms. The van der Waals surface area contributed by atoms with Crippen LogP contribution in [0.15, 0.2) is 11.0 Å². The van der Waals surface area contributed by atoms with Crippen molar-refractivity contribution in [3.8, 4) is 0 Å². The molecule has 230 valence electrons. The Kier molecular flexibility index (Phi) is 11.2. The van der Waals surface area contributed by atoms with E-state index in [4.69, 9.17) is 13.8 Å². The standard InChI is InChI=1S/C31H49NO6P2S/c1-17-11-10-12-31(9)23(29(5,6)28(31)35)14-22(18(2)13-21-16-41-20(4)32-21)36-25(33)15-24(37-39)30(7,8)27(34)19(3)26(17)38-40/h13,16-17,19,22-24,26H,10-12,14-15,39-40H2,1-9H3/b18-13+. The van der Waals surface area contributed by atoms with Gasteiger partial charge in [0, 0.05) is 41.1 Å². The number of rotatable bonds is 4. The van der Waals surface area contributed by atoms with Crippen LogP contribution < -0.4 is 0 Å². The maximum Gasteiger partial charge on any atom is 0.309 e. The van der Waals surface area contributed by atoms with Gasteiger partial charge in [-0.15, -0.1) is 11.3 Å². The van der Waals surface area contributed by atoms with Crippen LogP contribution in [0.3, 0.4) is 0 Å². The number of aromatic nitrogens is 1. The minimum Gasteiger partial charge on any atom is -0.458 e. The lowest BCUT2D eigenvalue weighted by Gasteiger charge is -2.58. The first-order valence-corrected chi connectivity index (χ1v) is 16.4. The molecule has 2 aliphatic rings. The summed E-state index contributed by atoms with van der Waals surface area (Å²) >= 11 is 1.57. The molecule has 1 aromatic rings. The van der Waals surface area contributed by atoms with Gasteiger partial charge in [0.2, 0.25) is 0 Å². The smallest absolute Gasteiger partial charge is 0.309 e. The number of carbonyl (C=O) groups excluding carboxylic acids is 3. The summed E-state index contributed by atoms with van der Waals surface area (Å²) in [4.78, 5) is 45.4. The molecular weight excluding hydrogens is 576 g/mol. The van der Waals surface area contributed by atoms with Crippen molar-refractivity contribution in [3.05, 3.63) is 21.7 Å². The zero-order valence-corrected chi connectivity index (χ0v) is 29.2. The first kappa shape index (κ1) is 34.5. The molecule has 41 heavy (non-hydrogen) atoms. The Bertz CT molecular complexity index is 1160. The Hall–Kier alpha value is -1.04. The van der Waals surface area contributed by atoms with Crippen LogP contribution in [0.5, 0.6) is 0 Å². The number of fused-ring (bicyclic) bond motifs is 1. The van der Waals surface area contributed by atoms with Gasteiger partial charge in [-0.25, -0.2) is 4.98 Å². The van der Waals surface area contributed by atoms with Crippen LogP contribution in [0.25, 0.3) is 6.08 Å². The highest BCUT2D eigenvalue weighted by atomic mass is 32.1. The SMILES string of the molecule is C/C(=C\c1csc(C)n1)C1CC2C(C)(C)C(=O)C2(C)CCCC(C)C(OP)C(C)C(=O)C(C)(C)C(OP)CC(=O)O1. The lowest BCUT2D eigenvalue weighted by atomic mass is 9.43. The molecule has 0 amide bonds. The number of nitrogens with zero attached hydrogens (tertiary/aromatic N) is 1. The van der Waals surface area contributed by atoms with Crippen molar-refractivity contribution in [1.29, 1.82) is 0 Å². The summed E-state index contributed by atoms with van der Waals surface area (Å²) < 4.78 is 17.7. The van der Waals surface area contributed by atoms with Gasteiger partial charge in [-0.05, 0) is 56.6 Å². The van der Waals surface area contributed by atoms with Crippen molar-refractivity contribution in [3.63, 3.8) is 0 Å². The molecule has 3 rings (SSSR count). The molecule has 0 N–H and O–H groups in total. The Labute approximate surface area is 254 Å². The van der Waals surface area contributed by atoms with Crippen LogP contribution in [0.2, 0.25) is 0 Å². The van der Waals surface area contributed by atoms with Gasteiger partial charge in [-0.1, -0.05) is 54.9 Å². The lowest BCUT2D eigenvalue weighted by molar-refractivity contribution is -0.175. The highest BCUT2D eigenvalue weighted by Crippen LogP contribution is 2.60. The van der Waals surface area contributed by atoms with Gasteiger partial charge in [-0.3, -0.25) is 14.4 Å². The maximum absolute atomic E-state index is 13.8. The second kappa shape index (κ2) is 13.3. The van der Waals surface area contributed by atoms with E-state index < -0.39 is 40.3 Å². The van der Waals surface area contributed by atoms with E-state index in [-0.39, 0.29) is 35.9 Å². The van der Waals surface area contributed by atoms with Crippen molar-refractivity contribution < 1.29 is 28.2 Å². The highest BCUT2D eigenvalue weighted by Gasteiger charge is 2.63. The number of carbonyl (C=O) groups is 3. The molecule has 1 aliphatic carbocycles. The summed E-state index contributed by atoms with van der Waals surface area (Å²) in [5.41, 5.74) is -0.295. The molecule has 0 spiro atoms. The number of aryl methyl sites for hydroxylation is 1. The third-order valence-electron chi connectivity index (χ3n) is 9.92. The van der Waals surface area contributed by atoms with Crippen LogP contribution in [-0.4, -0.2) is 40.8 Å². The molecule has 0 aromatic carbocycles. The number of cyclic esters (lactones) is 1. The predicted octanol–water partition coefficient (Wildman–Crippen LogP) is 7.18. The molecule has 9 unspecified atom stereocenters. The zero-order chi connectivity index (χ0) is 30.9. The Morgan fingerprint density at radius 1 is 1.10 bits per heavy atom. The van der Waals surface area contributed by atoms with Crippen molar-refractivity contribution >= 4 is 53.9 Å². The molecule has 1 saturated heterocycles. The summed E-state index contributed by atoms with van der Waals surface area (Å²) in [6.45, 7) is 17.6. The van der Waals surface area contributed by atoms with Gasteiger partial charge in [0.1, 0.15) is 17.7 Å². The van der Waals surface area contributed by atoms with E-state index in [1.807, 2.05) is 59.9 Å². The fraction of sp³-hybridized carbons (Fsp3) is 0.742. The summed E-state index contributed by atoms with van der Waals surface area (Å²) in [5.74, 6) is -0.507. The molecule has 1 saturated carbocycles. The van der Waals surface area contributed by atoms with E-state index in [1.165, 1.54) is 0 Å². The molecule has 2 heterocycles. The largest absolute Gasteiger partial charge is 0.458 e. The quantitative estimate of drug-likeness (QED) is 0.259. The molecule has 2 fully saturated rings. The van der Waals surface area contributed by atoms with Crippen LogP contribution in [0, 0.1) is 40.9 Å². The Balaban J connectivity index is 2.04. The zero-order valence-electron chi connectivity index (χ0n) is 26.1. The minimum atomic E-state index is -0.960. The van der Waals surface area contributed by atoms with Crippen LogP contribution >= 0.6 is 30.3 Å². The second-order valence-corrected chi connectivity index (χ2v) is 15.2. The topological polar surface area (TPSA) is 91.8 Å². The summed E-state index contributed by atoms with van der Waals surface area (Å²) in [7, 11) is 4.55. The molecule has 9 atom stereocenters. The lowest BCUT2D eigenvalue weighted by Crippen LogP contribution is -2.62. The molecule has 7 nitrogen and oxygen atoms in total. The van der Waals surface area contributed by atoms with E-state index in [2.05, 4.69) is 37.8 Å². The van der Waals surface area contributed by atoms with E-state index in [1.54, 1.807) is 11.3 Å². The van der Waals surface area contributed by atoms with Crippen molar-refractivity contribution in [1.82, 2.24) is 4.98 Å². The number of ether oxygens (including phenoxy) is 1. The van der Waals surface area contributed by atoms with Crippen LogP contribution in [0.1, 0.15) is 98.2 Å². The van der Waals surface area contributed by atoms with Crippen molar-refractivity contribution in [2.75, 3.05) is 0 Å². The predicted molar refractivity (Wildman–Crippen MR) is 170 cm³/mol.